The third-order valence-electron chi connectivity index (χ3n) is 3.32. The highest BCUT2D eigenvalue weighted by molar-refractivity contribution is 5.24. The van der Waals surface area contributed by atoms with Crippen LogP contribution in [-0.4, -0.2) is 16.3 Å². The lowest BCUT2D eigenvalue weighted by atomic mass is 10.1. The van der Waals surface area contributed by atoms with Crippen LogP contribution < -0.4 is 5.32 Å². The van der Waals surface area contributed by atoms with Gasteiger partial charge in [-0.1, -0.05) is 20.3 Å². The van der Waals surface area contributed by atoms with Crippen LogP contribution in [0.25, 0.3) is 0 Å². The first kappa shape index (κ1) is 13.2. The Balaban J connectivity index is 2.56. The van der Waals surface area contributed by atoms with E-state index >= 15 is 0 Å². The molecule has 92 valence electrons. The molecule has 0 aliphatic heterocycles. The first-order chi connectivity index (χ1) is 7.60. The molecule has 0 bridgehead atoms. The monoisotopic (exact) mass is 223 g/mol. The molecule has 1 unspecified atom stereocenters. The van der Waals surface area contributed by atoms with E-state index in [9.17, 15) is 0 Å². The fourth-order valence-corrected chi connectivity index (χ4v) is 1.89. The molecule has 0 aromatic carbocycles. The molecule has 1 N–H and O–H groups in total. The lowest BCUT2D eigenvalue weighted by Gasteiger charge is -2.10. The van der Waals surface area contributed by atoms with E-state index in [0.717, 1.165) is 31.2 Å². The number of rotatable bonds is 6. The molecule has 16 heavy (non-hydrogen) atoms. The lowest BCUT2D eigenvalue weighted by molar-refractivity contribution is 0.498. The van der Waals surface area contributed by atoms with Crippen molar-refractivity contribution >= 4 is 0 Å². The zero-order valence-electron chi connectivity index (χ0n) is 11.3. The van der Waals surface area contributed by atoms with Gasteiger partial charge in [-0.2, -0.15) is 5.10 Å². The second-order valence-electron chi connectivity index (χ2n) is 4.61. The van der Waals surface area contributed by atoms with Crippen LogP contribution in [-0.2, 0) is 13.1 Å². The van der Waals surface area contributed by atoms with Gasteiger partial charge in [-0.3, -0.25) is 4.68 Å². The summed E-state index contributed by atoms with van der Waals surface area (Å²) in [6.07, 6.45) is 1.24. The second-order valence-corrected chi connectivity index (χ2v) is 4.61. The van der Waals surface area contributed by atoms with Crippen molar-refractivity contribution < 1.29 is 0 Å². The number of aryl methyl sites for hydroxylation is 2. The van der Waals surface area contributed by atoms with Gasteiger partial charge in [0.25, 0.3) is 0 Å². The molecule has 0 fully saturated rings. The largest absolute Gasteiger partial charge is 0.312 e. The minimum atomic E-state index is 0.752. The zero-order valence-corrected chi connectivity index (χ0v) is 11.3. The summed E-state index contributed by atoms with van der Waals surface area (Å²) in [6, 6.07) is 0. The van der Waals surface area contributed by atoms with Gasteiger partial charge in [-0.05, 0) is 33.2 Å². The van der Waals surface area contributed by atoms with Crippen molar-refractivity contribution in [3.05, 3.63) is 17.0 Å². The van der Waals surface area contributed by atoms with Gasteiger partial charge in [0.2, 0.25) is 0 Å². The van der Waals surface area contributed by atoms with Gasteiger partial charge < -0.3 is 5.32 Å². The zero-order chi connectivity index (χ0) is 12.1. The van der Waals surface area contributed by atoms with Gasteiger partial charge in [0.05, 0.1) is 5.69 Å². The van der Waals surface area contributed by atoms with E-state index in [1.807, 2.05) is 0 Å². The lowest BCUT2D eigenvalue weighted by Crippen LogP contribution is -2.21. The van der Waals surface area contributed by atoms with Crippen molar-refractivity contribution in [1.82, 2.24) is 15.1 Å². The molecule has 0 spiro atoms. The molecule has 1 atom stereocenters. The molecular weight excluding hydrogens is 198 g/mol. The summed E-state index contributed by atoms with van der Waals surface area (Å²) in [6.45, 7) is 13.9. The second kappa shape index (κ2) is 6.04. The minimum absolute atomic E-state index is 0.752. The normalized spacial score (nSPS) is 13.1. The SMILES string of the molecule is CCC(C)CNCc1c(C)nn(CC)c1C. The number of aromatic nitrogens is 2. The van der Waals surface area contributed by atoms with Gasteiger partial charge in [0.1, 0.15) is 0 Å². The molecule has 3 nitrogen and oxygen atoms in total. The number of hydrogen-bond acceptors (Lipinski definition) is 2. The van der Waals surface area contributed by atoms with Crippen LogP contribution in [0.2, 0.25) is 0 Å². The fraction of sp³-hybridized carbons (Fsp3) is 0.769. The van der Waals surface area contributed by atoms with Crippen LogP contribution in [0.5, 0.6) is 0 Å². The van der Waals surface area contributed by atoms with E-state index in [-0.39, 0.29) is 0 Å². The predicted octanol–water partition coefficient (Wildman–Crippen LogP) is 2.66. The molecule has 3 heteroatoms. The van der Waals surface area contributed by atoms with E-state index in [1.54, 1.807) is 0 Å². The molecule has 0 aliphatic carbocycles. The molecule has 0 aliphatic rings. The highest BCUT2D eigenvalue weighted by Gasteiger charge is 2.10. The number of nitrogens with zero attached hydrogens (tertiary/aromatic N) is 2. The van der Waals surface area contributed by atoms with Gasteiger partial charge in [0.15, 0.2) is 0 Å². The van der Waals surface area contributed by atoms with Crippen LogP contribution in [0.3, 0.4) is 0 Å². The van der Waals surface area contributed by atoms with Crippen molar-refractivity contribution in [2.75, 3.05) is 6.54 Å². The van der Waals surface area contributed by atoms with E-state index in [4.69, 9.17) is 0 Å². The summed E-state index contributed by atoms with van der Waals surface area (Å²) in [5, 5.41) is 8.04. The van der Waals surface area contributed by atoms with Crippen LogP contribution in [0, 0.1) is 19.8 Å². The molecule has 0 saturated carbocycles. The summed E-state index contributed by atoms with van der Waals surface area (Å²) in [5.41, 5.74) is 3.83. The average Bonchev–Trinajstić information content (AvgIpc) is 2.55. The number of nitrogens with one attached hydrogen (secondary N) is 1. The van der Waals surface area contributed by atoms with E-state index in [2.05, 4.69) is 49.7 Å². The number of hydrogen-bond donors (Lipinski definition) is 1. The van der Waals surface area contributed by atoms with Crippen molar-refractivity contribution in [2.45, 2.75) is 54.1 Å². The van der Waals surface area contributed by atoms with E-state index < -0.39 is 0 Å². The van der Waals surface area contributed by atoms with Crippen LogP contribution in [0.4, 0.5) is 0 Å². The molecule has 0 amide bonds. The van der Waals surface area contributed by atoms with Gasteiger partial charge in [-0.25, -0.2) is 0 Å². The Morgan fingerprint density at radius 2 is 2.00 bits per heavy atom. The van der Waals surface area contributed by atoms with Crippen molar-refractivity contribution in [1.29, 1.82) is 0 Å². The van der Waals surface area contributed by atoms with Crippen LogP contribution in [0.15, 0.2) is 0 Å². The smallest absolute Gasteiger partial charge is 0.0641 e. The summed E-state index contributed by atoms with van der Waals surface area (Å²) >= 11 is 0. The maximum atomic E-state index is 4.52. The van der Waals surface area contributed by atoms with Crippen molar-refractivity contribution in [3.63, 3.8) is 0 Å². The standard InChI is InChI=1S/C13H25N3/c1-6-10(3)8-14-9-13-11(4)15-16(7-2)12(13)5/h10,14H,6-9H2,1-5H3. The Bertz CT molecular complexity index is 328. The molecule has 1 rings (SSSR count). The van der Waals surface area contributed by atoms with Crippen LogP contribution in [0.1, 0.15) is 44.1 Å². The van der Waals surface area contributed by atoms with E-state index in [0.29, 0.717) is 0 Å². The fourth-order valence-electron chi connectivity index (χ4n) is 1.89. The molecule has 0 saturated heterocycles. The maximum absolute atomic E-state index is 4.52. The first-order valence-corrected chi connectivity index (χ1v) is 6.33. The topological polar surface area (TPSA) is 29.9 Å². The van der Waals surface area contributed by atoms with Gasteiger partial charge >= 0.3 is 0 Å². The summed E-state index contributed by atoms with van der Waals surface area (Å²) in [5.74, 6) is 0.752. The maximum Gasteiger partial charge on any atom is 0.0641 e. The highest BCUT2D eigenvalue weighted by Crippen LogP contribution is 2.12. The third kappa shape index (κ3) is 3.08. The minimum Gasteiger partial charge on any atom is -0.312 e. The van der Waals surface area contributed by atoms with Gasteiger partial charge in [0, 0.05) is 24.3 Å². The Kier molecular flexibility index (Phi) is 5.00. The highest BCUT2D eigenvalue weighted by atomic mass is 15.3. The van der Waals surface area contributed by atoms with E-state index in [1.165, 1.54) is 17.7 Å². The van der Waals surface area contributed by atoms with Crippen molar-refractivity contribution in [2.24, 2.45) is 5.92 Å². The molecule has 1 aromatic rings. The van der Waals surface area contributed by atoms with Gasteiger partial charge in [-0.15, -0.1) is 0 Å². The Labute approximate surface area is 99.2 Å². The Morgan fingerprint density at radius 3 is 2.50 bits per heavy atom. The molecule has 1 aromatic heterocycles. The molecular formula is C13H25N3. The summed E-state index contributed by atoms with van der Waals surface area (Å²) in [7, 11) is 0. The first-order valence-electron chi connectivity index (χ1n) is 6.33. The summed E-state index contributed by atoms with van der Waals surface area (Å²) < 4.78 is 2.08. The third-order valence-corrected chi connectivity index (χ3v) is 3.32. The summed E-state index contributed by atoms with van der Waals surface area (Å²) in [4.78, 5) is 0. The average molecular weight is 223 g/mol. The molecule has 1 heterocycles. The van der Waals surface area contributed by atoms with Crippen LogP contribution >= 0.6 is 0 Å². The Morgan fingerprint density at radius 1 is 1.31 bits per heavy atom. The quantitative estimate of drug-likeness (QED) is 0.803. The Hall–Kier alpha value is -0.830. The molecule has 0 radical (unpaired) electrons. The predicted molar refractivity (Wildman–Crippen MR) is 68.5 cm³/mol. The van der Waals surface area contributed by atoms with Crippen molar-refractivity contribution in [3.8, 4) is 0 Å².